The van der Waals surface area contributed by atoms with Crippen LogP contribution in [0.3, 0.4) is 0 Å². The first kappa shape index (κ1) is 24.0. The molecule has 2 unspecified atom stereocenters. The molecule has 2 atom stereocenters. The van der Waals surface area contributed by atoms with Crippen LogP contribution in [0, 0.1) is 0 Å². The van der Waals surface area contributed by atoms with Crippen LogP contribution in [0.25, 0.3) is 0 Å². The number of methoxy groups -OCH3 is 1. The third-order valence-corrected chi connectivity index (χ3v) is 4.75. The first-order valence-electron chi connectivity index (χ1n) is 9.68. The molecule has 1 heterocycles. The molecular formula is C20H35IN4O2. The van der Waals surface area contributed by atoms with Crippen LogP contribution in [0.4, 0.5) is 0 Å². The number of benzene rings is 1. The second-order valence-corrected chi connectivity index (χ2v) is 6.61. The molecule has 0 bridgehead atoms. The fraction of sp³-hybridized carbons (Fsp3) is 0.650. The first-order chi connectivity index (χ1) is 12.7. The van der Waals surface area contributed by atoms with Gasteiger partial charge in [0.1, 0.15) is 5.75 Å². The standard InChI is InChI=1S/C20H34N4O2.HI/c1-5-16(3)23-20(21-6-2)22-15-19(24-11-13-26-14-12-24)17-7-9-18(25-4)10-8-17;/h7-10,16,19H,5-6,11-15H2,1-4H3,(H2,21,22,23);1H. The Morgan fingerprint density at radius 3 is 2.44 bits per heavy atom. The maximum absolute atomic E-state index is 5.53. The first-order valence-corrected chi connectivity index (χ1v) is 9.68. The van der Waals surface area contributed by atoms with Crippen LogP contribution < -0.4 is 15.4 Å². The van der Waals surface area contributed by atoms with Crippen LogP contribution in [0.2, 0.25) is 0 Å². The normalized spacial score (nSPS) is 17.6. The van der Waals surface area contributed by atoms with Gasteiger partial charge in [-0.05, 0) is 38.0 Å². The van der Waals surface area contributed by atoms with Gasteiger partial charge in [-0.15, -0.1) is 24.0 Å². The predicted octanol–water partition coefficient (Wildman–Crippen LogP) is 3.04. The highest BCUT2D eigenvalue weighted by Crippen LogP contribution is 2.24. The van der Waals surface area contributed by atoms with E-state index >= 15 is 0 Å². The van der Waals surface area contributed by atoms with Crippen LogP contribution in [0.1, 0.15) is 38.8 Å². The molecule has 0 aliphatic carbocycles. The van der Waals surface area contributed by atoms with Gasteiger partial charge < -0.3 is 20.1 Å². The molecule has 0 radical (unpaired) electrons. The number of hydrogen-bond acceptors (Lipinski definition) is 4. The summed E-state index contributed by atoms with van der Waals surface area (Å²) in [5.41, 5.74) is 1.26. The van der Waals surface area contributed by atoms with E-state index in [1.54, 1.807) is 7.11 Å². The third-order valence-electron chi connectivity index (χ3n) is 4.75. The Morgan fingerprint density at radius 2 is 1.89 bits per heavy atom. The highest BCUT2D eigenvalue weighted by atomic mass is 127. The summed E-state index contributed by atoms with van der Waals surface area (Å²) in [6, 6.07) is 8.96. The largest absolute Gasteiger partial charge is 0.497 e. The second kappa shape index (κ2) is 13.2. The molecule has 0 amide bonds. The van der Waals surface area contributed by atoms with Crippen molar-refractivity contribution in [1.82, 2.24) is 15.5 Å². The summed E-state index contributed by atoms with van der Waals surface area (Å²) in [7, 11) is 1.70. The molecule has 0 aromatic heterocycles. The number of aliphatic imine (C=N–C) groups is 1. The van der Waals surface area contributed by atoms with E-state index < -0.39 is 0 Å². The van der Waals surface area contributed by atoms with Gasteiger partial charge in [-0.1, -0.05) is 19.1 Å². The van der Waals surface area contributed by atoms with Gasteiger partial charge in [0.2, 0.25) is 0 Å². The zero-order valence-electron chi connectivity index (χ0n) is 17.0. The molecule has 1 aliphatic rings. The summed E-state index contributed by atoms with van der Waals surface area (Å²) >= 11 is 0. The molecule has 6 nitrogen and oxygen atoms in total. The monoisotopic (exact) mass is 490 g/mol. The molecule has 1 fully saturated rings. The van der Waals surface area contributed by atoms with Crippen molar-refractivity contribution in [3.63, 3.8) is 0 Å². The average Bonchev–Trinajstić information content (AvgIpc) is 2.69. The van der Waals surface area contributed by atoms with Gasteiger partial charge in [0.15, 0.2) is 5.96 Å². The average molecular weight is 490 g/mol. The van der Waals surface area contributed by atoms with E-state index in [1.165, 1.54) is 5.56 Å². The topological polar surface area (TPSA) is 58.1 Å². The van der Waals surface area contributed by atoms with Gasteiger partial charge in [-0.2, -0.15) is 0 Å². The van der Waals surface area contributed by atoms with Gasteiger partial charge in [0.25, 0.3) is 0 Å². The third kappa shape index (κ3) is 7.83. The Balaban J connectivity index is 0.00000364. The lowest BCUT2D eigenvalue weighted by atomic mass is 10.0. The number of halogens is 1. The minimum atomic E-state index is 0. The molecule has 2 rings (SSSR count). The molecule has 1 saturated heterocycles. The lowest BCUT2D eigenvalue weighted by molar-refractivity contribution is 0.0179. The van der Waals surface area contributed by atoms with Crippen molar-refractivity contribution < 1.29 is 9.47 Å². The van der Waals surface area contributed by atoms with Crippen LogP contribution in [0.15, 0.2) is 29.3 Å². The fourth-order valence-corrected chi connectivity index (χ4v) is 2.98. The van der Waals surface area contributed by atoms with Crippen LogP contribution in [-0.4, -0.2) is 63.4 Å². The number of ether oxygens (including phenoxy) is 2. The molecule has 0 spiro atoms. The maximum Gasteiger partial charge on any atom is 0.191 e. The van der Waals surface area contributed by atoms with Crippen molar-refractivity contribution in [3.05, 3.63) is 29.8 Å². The van der Waals surface area contributed by atoms with Gasteiger partial charge in [0, 0.05) is 25.7 Å². The van der Waals surface area contributed by atoms with E-state index in [0.717, 1.165) is 51.0 Å². The smallest absolute Gasteiger partial charge is 0.191 e. The summed E-state index contributed by atoms with van der Waals surface area (Å²) in [5.74, 6) is 1.76. The molecular weight excluding hydrogens is 455 g/mol. The number of rotatable bonds is 8. The minimum absolute atomic E-state index is 0. The maximum atomic E-state index is 5.53. The Bertz CT molecular complexity index is 547. The van der Waals surface area contributed by atoms with Crippen molar-refractivity contribution in [1.29, 1.82) is 0 Å². The van der Waals surface area contributed by atoms with E-state index in [0.29, 0.717) is 12.6 Å². The molecule has 0 saturated carbocycles. The summed E-state index contributed by atoms with van der Waals surface area (Å²) in [6.45, 7) is 11.4. The Morgan fingerprint density at radius 1 is 1.22 bits per heavy atom. The summed E-state index contributed by atoms with van der Waals surface area (Å²) < 4.78 is 10.8. The number of morpholine rings is 1. The van der Waals surface area contributed by atoms with E-state index in [9.17, 15) is 0 Å². The molecule has 154 valence electrons. The highest BCUT2D eigenvalue weighted by molar-refractivity contribution is 14.0. The highest BCUT2D eigenvalue weighted by Gasteiger charge is 2.22. The van der Waals surface area contributed by atoms with Gasteiger partial charge in [-0.25, -0.2) is 0 Å². The van der Waals surface area contributed by atoms with Crippen molar-refractivity contribution in [2.45, 2.75) is 39.3 Å². The van der Waals surface area contributed by atoms with Crippen molar-refractivity contribution in [2.24, 2.45) is 4.99 Å². The zero-order chi connectivity index (χ0) is 18.8. The number of hydrogen-bond donors (Lipinski definition) is 2. The van der Waals surface area contributed by atoms with E-state index in [-0.39, 0.29) is 30.0 Å². The van der Waals surface area contributed by atoms with Gasteiger partial charge >= 0.3 is 0 Å². The van der Waals surface area contributed by atoms with Crippen molar-refractivity contribution in [3.8, 4) is 5.75 Å². The van der Waals surface area contributed by atoms with E-state index in [1.807, 2.05) is 12.1 Å². The zero-order valence-corrected chi connectivity index (χ0v) is 19.4. The van der Waals surface area contributed by atoms with E-state index in [2.05, 4.69) is 48.4 Å². The van der Waals surface area contributed by atoms with Crippen molar-refractivity contribution in [2.75, 3.05) is 46.5 Å². The predicted molar refractivity (Wildman–Crippen MR) is 122 cm³/mol. The van der Waals surface area contributed by atoms with Crippen LogP contribution in [0.5, 0.6) is 5.75 Å². The number of nitrogens with one attached hydrogen (secondary N) is 2. The molecule has 1 aromatic rings. The molecule has 1 aromatic carbocycles. The summed E-state index contributed by atoms with van der Waals surface area (Å²) in [5, 5.41) is 6.82. The van der Waals surface area contributed by atoms with Crippen LogP contribution in [-0.2, 0) is 4.74 Å². The Kier molecular flexibility index (Phi) is 11.7. The molecule has 1 aliphatic heterocycles. The number of guanidine groups is 1. The number of nitrogens with zero attached hydrogens (tertiary/aromatic N) is 2. The summed E-state index contributed by atoms with van der Waals surface area (Å²) in [6.07, 6.45) is 1.07. The molecule has 27 heavy (non-hydrogen) atoms. The fourth-order valence-electron chi connectivity index (χ4n) is 2.98. The molecule has 7 heteroatoms. The SMILES string of the molecule is CCNC(=NCC(c1ccc(OC)cc1)N1CCOCC1)NC(C)CC.I. The lowest BCUT2D eigenvalue weighted by Crippen LogP contribution is -2.43. The minimum Gasteiger partial charge on any atom is -0.497 e. The summed E-state index contributed by atoms with van der Waals surface area (Å²) in [4.78, 5) is 7.34. The van der Waals surface area contributed by atoms with Crippen molar-refractivity contribution >= 4 is 29.9 Å². The second-order valence-electron chi connectivity index (χ2n) is 6.61. The quantitative estimate of drug-likeness (QED) is 0.334. The van der Waals surface area contributed by atoms with Gasteiger partial charge in [0.05, 0.1) is 32.9 Å². The molecule has 2 N–H and O–H groups in total. The van der Waals surface area contributed by atoms with Gasteiger partial charge in [-0.3, -0.25) is 9.89 Å². The Hall–Kier alpha value is -1.06. The Labute approximate surface area is 181 Å². The lowest BCUT2D eigenvalue weighted by Gasteiger charge is -2.34. The van der Waals surface area contributed by atoms with Crippen LogP contribution >= 0.6 is 24.0 Å². The van der Waals surface area contributed by atoms with E-state index in [4.69, 9.17) is 14.5 Å².